The Bertz CT molecular complexity index is 1730. The fraction of sp³-hybridized carbons (Fsp3) is 0.424. The van der Waals surface area contributed by atoms with Crippen molar-refractivity contribution in [3.8, 4) is 11.5 Å². The van der Waals surface area contributed by atoms with E-state index in [1.165, 1.54) is 7.11 Å². The van der Waals surface area contributed by atoms with Crippen molar-refractivity contribution in [2.45, 2.75) is 33.1 Å². The number of hydrogen-bond donors (Lipinski definition) is 3. The molecule has 0 unspecified atom stereocenters. The van der Waals surface area contributed by atoms with E-state index in [1.54, 1.807) is 31.2 Å². The van der Waals surface area contributed by atoms with Crippen molar-refractivity contribution >= 4 is 49.9 Å². The van der Waals surface area contributed by atoms with Gasteiger partial charge in [0.2, 0.25) is 10.0 Å². The van der Waals surface area contributed by atoms with E-state index >= 15 is 0 Å². The molecule has 0 saturated carbocycles. The number of hydrazone groups is 1. The number of anilines is 2. The van der Waals surface area contributed by atoms with Crippen molar-refractivity contribution in [2.24, 2.45) is 5.10 Å². The number of sulfonamides is 1. The Morgan fingerprint density at radius 1 is 1.02 bits per heavy atom. The molecule has 3 N–H and O–H groups in total. The van der Waals surface area contributed by atoms with Crippen LogP contribution in [0.4, 0.5) is 16.2 Å². The number of carbonyl (C=O) groups is 2. The molecule has 2 amide bonds. The zero-order valence-electron chi connectivity index (χ0n) is 27.6. The molecule has 254 valence electrons. The lowest BCUT2D eigenvalue weighted by Gasteiger charge is -2.26. The second kappa shape index (κ2) is 15.5. The maximum absolute atomic E-state index is 14.1. The smallest absolute Gasteiger partial charge is 0.427 e. The standard InChI is InChI=1S/C33H43N5O8S/c1-7-45-32(40)36-35-29(31(39)34-26-20-22(33(2,3)4)21-27(30(26)43-5)37-47(6,41)42)25-12-13-28(24-11-9-8-10-23(24)25)46-19-16-38-14-17-44-18-15-38/h8-13,20-21,37H,7,14-19H2,1-6H3,(H,34,39)(H,36,40)/b35-29+. The van der Waals surface area contributed by atoms with Crippen LogP contribution in [0, 0.1) is 0 Å². The summed E-state index contributed by atoms with van der Waals surface area (Å²) in [5.41, 5.74) is 3.25. The third kappa shape index (κ3) is 9.56. The van der Waals surface area contributed by atoms with Crippen molar-refractivity contribution in [3.05, 3.63) is 59.7 Å². The molecule has 0 bridgehead atoms. The summed E-state index contributed by atoms with van der Waals surface area (Å²) in [5, 5.41) is 8.43. The molecule has 13 nitrogen and oxygen atoms in total. The molecule has 0 atom stereocenters. The number of nitrogens with zero attached hydrogens (tertiary/aromatic N) is 2. The Morgan fingerprint density at radius 3 is 2.34 bits per heavy atom. The molecule has 4 rings (SSSR count). The van der Waals surface area contributed by atoms with Gasteiger partial charge in [0.05, 0.1) is 44.6 Å². The highest BCUT2D eigenvalue weighted by Gasteiger charge is 2.25. The van der Waals surface area contributed by atoms with E-state index in [4.69, 9.17) is 18.9 Å². The second-order valence-electron chi connectivity index (χ2n) is 11.9. The lowest BCUT2D eigenvalue weighted by molar-refractivity contribution is -0.110. The third-order valence-electron chi connectivity index (χ3n) is 7.36. The van der Waals surface area contributed by atoms with Gasteiger partial charge in [0, 0.05) is 30.6 Å². The SMILES string of the molecule is CCOC(=O)N/N=C(/C(=O)Nc1cc(C(C)(C)C)cc(NS(C)(=O)=O)c1OC)c1ccc(OCCN2CCOCC2)c2ccccc12. The lowest BCUT2D eigenvalue weighted by Crippen LogP contribution is -2.38. The van der Waals surface area contributed by atoms with Gasteiger partial charge in [0.25, 0.3) is 5.91 Å². The van der Waals surface area contributed by atoms with Gasteiger partial charge in [-0.3, -0.25) is 14.4 Å². The molecule has 14 heteroatoms. The Hall–Kier alpha value is -4.40. The predicted octanol–water partition coefficient (Wildman–Crippen LogP) is 4.32. The number of carbonyl (C=O) groups excluding carboxylic acids is 2. The number of rotatable bonds is 12. The van der Waals surface area contributed by atoms with E-state index in [0.717, 1.165) is 36.8 Å². The number of fused-ring (bicyclic) bond motifs is 1. The summed E-state index contributed by atoms with van der Waals surface area (Å²) in [7, 11) is -2.32. The number of morpholine rings is 1. The van der Waals surface area contributed by atoms with Gasteiger partial charge in [-0.15, -0.1) is 0 Å². The fourth-order valence-corrected chi connectivity index (χ4v) is 5.59. The minimum atomic E-state index is -3.69. The van der Waals surface area contributed by atoms with E-state index in [9.17, 15) is 18.0 Å². The highest BCUT2D eigenvalue weighted by atomic mass is 32.2. The largest absolute Gasteiger partial charge is 0.492 e. The molecule has 1 aliphatic heterocycles. The number of methoxy groups -OCH3 is 1. The Morgan fingerprint density at radius 2 is 1.70 bits per heavy atom. The lowest BCUT2D eigenvalue weighted by atomic mass is 9.86. The number of ether oxygens (including phenoxy) is 4. The molecule has 1 heterocycles. The molecule has 3 aromatic carbocycles. The molecular weight excluding hydrogens is 626 g/mol. The van der Waals surface area contributed by atoms with Crippen molar-refractivity contribution < 1.29 is 37.0 Å². The molecule has 0 spiro atoms. The van der Waals surface area contributed by atoms with E-state index in [0.29, 0.717) is 36.5 Å². The second-order valence-corrected chi connectivity index (χ2v) is 13.7. The van der Waals surface area contributed by atoms with E-state index in [-0.39, 0.29) is 29.4 Å². The molecule has 3 aromatic rings. The summed E-state index contributed by atoms with van der Waals surface area (Å²) in [4.78, 5) is 28.7. The predicted molar refractivity (Wildman–Crippen MR) is 182 cm³/mol. The minimum absolute atomic E-state index is 0.100. The third-order valence-corrected chi connectivity index (χ3v) is 7.95. The average molecular weight is 670 g/mol. The van der Waals surface area contributed by atoms with Gasteiger partial charge in [0.15, 0.2) is 11.5 Å². The molecular formula is C33H43N5O8S. The Kier molecular flexibility index (Phi) is 11.7. The van der Waals surface area contributed by atoms with Gasteiger partial charge in [0.1, 0.15) is 12.4 Å². The monoisotopic (exact) mass is 669 g/mol. The number of nitrogens with one attached hydrogen (secondary N) is 3. The number of benzene rings is 3. The van der Waals surface area contributed by atoms with Crippen LogP contribution in [0.15, 0.2) is 53.6 Å². The van der Waals surface area contributed by atoms with Gasteiger partial charge in [-0.2, -0.15) is 5.10 Å². The van der Waals surface area contributed by atoms with E-state index in [1.807, 2.05) is 45.0 Å². The first-order valence-corrected chi connectivity index (χ1v) is 17.2. The molecule has 47 heavy (non-hydrogen) atoms. The topological polar surface area (TPSA) is 157 Å². The van der Waals surface area contributed by atoms with Crippen LogP contribution in [0.2, 0.25) is 0 Å². The quantitative estimate of drug-likeness (QED) is 0.189. The summed E-state index contributed by atoms with van der Waals surface area (Å²) >= 11 is 0. The van der Waals surface area contributed by atoms with E-state index < -0.39 is 27.4 Å². The maximum atomic E-state index is 14.1. The summed E-state index contributed by atoms with van der Waals surface area (Å²) in [5.74, 6) is 0.0395. The van der Waals surface area contributed by atoms with E-state index in [2.05, 4.69) is 25.5 Å². The van der Waals surface area contributed by atoms with Gasteiger partial charge < -0.3 is 24.3 Å². The highest BCUT2D eigenvalue weighted by molar-refractivity contribution is 7.92. The van der Waals surface area contributed by atoms with Gasteiger partial charge in [-0.25, -0.2) is 18.6 Å². The molecule has 0 aliphatic carbocycles. The van der Waals surface area contributed by atoms with Gasteiger partial charge >= 0.3 is 6.09 Å². The average Bonchev–Trinajstić information content (AvgIpc) is 3.01. The van der Waals surface area contributed by atoms with Crippen LogP contribution in [0.25, 0.3) is 10.8 Å². The van der Waals surface area contributed by atoms with Crippen molar-refractivity contribution in [1.82, 2.24) is 10.3 Å². The first-order chi connectivity index (χ1) is 22.3. The Labute approximate surface area is 275 Å². The summed E-state index contributed by atoms with van der Waals surface area (Å²) in [6.45, 7) is 11.9. The molecule has 1 fully saturated rings. The molecule has 0 aromatic heterocycles. The fourth-order valence-electron chi connectivity index (χ4n) is 5.04. The normalized spacial score (nSPS) is 14.4. The van der Waals surface area contributed by atoms with Crippen LogP contribution >= 0.6 is 0 Å². The summed E-state index contributed by atoms with van der Waals surface area (Å²) in [6.07, 6.45) is 0.193. The van der Waals surface area contributed by atoms with Crippen LogP contribution in [-0.4, -0.2) is 90.5 Å². The van der Waals surface area contributed by atoms with Crippen LogP contribution in [0.3, 0.4) is 0 Å². The Balaban J connectivity index is 1.75. The number of amides is 2. The first-order valence-electron chi connectivity index (χ1n) is 15.3. The van der Waals surface area contributed by atoms with Gasteiger partial charge in [-0.1, -0.05) is 45.0 Å². The van der Waals surface area contributed by atoms with Crippen LogP contribution in [-0.2, 0) is 29.7 Å². The number of hydrogen-bond acceptors (Lipinski definition) is 10. The summed E-state index contributed by atoms with van der Waals surface area (Å²) < 4.78 is 49.1. The highest BCUT2D eigenvalue weighted by Crippen LogP contribution is 2.39. The molecule has 0 radical (unpaired) electrons. The van der Waals surface area contributed by atoms with Crippen LogP contribution in [0.5, 0.6) is 11.5 Å². The van der Waals surface area contributed by atoms with Crippen molar-refractivity contribution in [3.63, 3.8) is 0 Å². The van der Waals surface area contributed by atoms with Crippen molar-refractivity contribution in [1.29, 1.82) is 0 Å². The zero-order chi connectivity index (χ0) is 34.2. The zero-order valence-corrected chi connectivity index (χ0v) is 28.5. The minimum Gasteiger partial charge on any atom is -0.492 e. The molecule has 1 saturated heterocycles. The molecule has 1 aliphatic rings. The van der Waals surface area contributed by atoms with Crippen LogP contribution < -0.4 is 24.9 Å². The van der Waals surface area contributed by atoms with Gasteiger partial charge in [-0.05, 0) is 47.6 Å². The maximum Gasteiger partial charge on any atom is 0.427 e. The van der Waals surface area contributed by atoms with Crippen LogP contribution in [0.1, 0.15) is 38.8 Å². The summed E-state index contributed by atoms with van der Waals surface area (Å²) in [6, 6.07) is 14.3. The van der Waals surface area contributed by atoms with Crippen molar-refractivity contribution in [2.75, 3.05) is 69.5 Å². The first kappa shape index (κ1) is 35.5.